The molecule has 3 N–H and O–H groups in total. The van der Waals surface area contributed by atoms with Crippen molar-refractivity contribution in [2.75, 3.05) is 6.54 Å². The number of hydrogen-bond donors (Lipinski definition) is 3. The molecule has 1 unspecified atom stereocenters. The van der Waals surface area contributed by atoms with E-state index < -0.39 is 11.6 Å². The summed E-state index contributed by atoms with van der Waals surface area (Å²) in [6.45, 7) is 2.32. The molecule has 0 aliphatic carbocycles. The molecule has 0 amide bonds. The summed E-state index contributed by atoms with van der Waals surface area (Å²) < 4.78 is 26.1. The van der Waals surface area contributed by atoms with Crippen LogP contribution in [0, 0.1) is 11.6 Å². The van der Waals surface area contributed by atoms with Crippen LogP contribution in [0.25, 0.3) is 0 Å². The molecule has 112 valence electrons. The molecular formula is C16H17F2NO2. The zero-order chi connectivity index (χ0) is 15.4. The largest absolute Gasteiger partial charge is 0.508 e. The molecule has 0 saturated carbocycles. The van der Waals surface area contributed by atoms with E-state index in [4.69, 9.17) is 0 Å². The minimum Gasteiger partial charge on any atom is -0.508 e. The van der Waals surface area contributed by atoms with Gasteiger partial charge in [0.2, 0.25) is 0 Å². The highest BCUT2D eigenvalue weighted by atomic mass is 19.1. The first kappa shape index (κ1) is 15.3. The molecule has 5 heteroatoms. The monoisotopic (exact) mass is 293 g/mol. The van der Waals surface area contributed by atoms with Crippen molar-refractivity contribution in [3.05, 3.63) is 59.2 Å². The zero-order valence-electron chi connectivity index (χ0n) is 11.6. The molecule has 2 rings (SSSR count). The lowest BCUT2D eigenvalue weighted by molar-refractivity contribution is 0.441. The maximum absolute atomic E-state index is 13.1. The van der Waals surface area contributed by atoms with Crippen LogP contribution in [-0.2, 0) is 6.42 Å². The van der Waals surface area contributed by atoms with Gasteiger partial charge in [0.05, 0.1) is 0 Å². The van der Waals surface area contributed by atoms with Crippen LogP contribution < -0.4 is 5.32 Å². The van der Waals surface area contributed by atoms with E-state index >= 15 is 0 Å². The Labute approximate surface area is 121 Å². The van der Waals surface area contributed by atoms with Gasteiger partial charge in [0.1, 0.15) is 23.1 Å². The van der Waals surface area contributed by atoms with Crippen LogP contribution >= 0.6 is 0 Å². The van der Waals surface area contributed by atoms with Crippen molar-refractivity contribution < 1.29 is 19.0 Å². The van der Waals surface area contributed by atoms with Crippen molar-refractivity contribution in [3.8, 4) is 11.5 Å². The molecule has 0 radical (unpaired) electrons. The SMILES string of the molecule is CC(NCCc1cc(F)cc(F)c1)c1cc(O)ccc1O. The van der Waals surface area contributed by atoms with Gasteiger partial charge in [-0.15, -0.1) is 0 Å². The molecule has 0 saturated heterocycles. The fourth-order valence-electron chi connectivity index (χ4n) is 2.19. The molecular weight excluding hydrogens is 276 g/mol. The van der Waals surface area contributed by atoms with E-state index in [-0.39, 0.29) is 17.5 Å². The van der Waals surface area contributed by atoms with Crippen LogP contribution in [0.15, 0.2) is 36.4 Å². The summed E-state index contributed by atoms with van der Waals surface area (Å²) >= 11 is 0. The van der Waals surface area contributed by atoms with Crippen LogP contribution in [-0.4, -0.2) is 16.8 Å². The molecule has 2 aromatic rings. The maximum atomic E-state index is 13.1. The molecule has 0 aliphatic rings. The van der Waals surface area contributed by atoms with E-state index in [1.165, 1.54) is 30.3 Å². The Morgan fingerprint density at radius 2 is 1.71 bits per heavy atom. The van der Waals surface area contributed by atoms with Crippen LogP contribution in [0.2, 0.25) is 0 Å². The molecule has 0 aromatic heterocycles. The molecule has 0 spiro atoms. The summed E-state index contributed by atoms with van der Waals surface area (Å²) in [6, 6.07) is 7.53. The first-order chi connectivity index (χ1) is 9.95. The van der Waals surface area contributed by atoms with Gasteiger partial charge in [-0.25, -0.2) is 8.78 Å². The van der Waals surface area contributed by atoms with Gasteiger partial charge in [0.15, 0.2) is 0 Å². The predicted octanol–water partition coefficient (Wildman–Crippen LogP) is 3.27. The van der Waals surface area contributed by atoms with E-state index in [0.717, 1.165) is 6.07 Å². The zero-order valence-corrected chi connectivity index (χ0v) is 11.6. The van der Waals surface area contributed by atoms with Crippen molar-refractivity contribution in [2.45, 2.75) is 19.4 Å². The smallest absolute Gasteiger partial charge is 0.126 e. The Hall–Kier alpha value is -2.14. The topological polar surface area (TPSA) is 52.5 Å². The summed E-state index contributed by atoms with van der Waals surface area (Å²) in [5, 5.41) is 22.3. The van der Waals surface area contributed by atoms with Crippen molar-refractivity contribution in [2.24, 2.45) is 0 Å². The third kappa shape index (κ3) is 4.16. The Kier molecular flexibility index (Phi) is 4.75. The van der Waals surface area contributed by atoms with E-state index in [0.29, 0.717) is 24.1 Å². The van der Waals surface area contributed by atoms with Crippen LogP contribution in [0.3, 0.4) is 0 Å². The van der Waals surface area contributed by atoms with Gasteiger partial charge in [-0.3, -0.25) is 0 Å². The molecule has 0 fully saturated rings. The van der Waals surface area contributed by atoms with Gasteiger partial charge in [-0.05, 0) is 55.8 Å². The summed E-state index contributed by atoms with van der Waals surface area (Å²) in [5.41, 5.74) is 1.13. The third-order valence-corrected chi connectivity index (χ3v) is 3.26. The highest BCUT2D eigenvalue weighted by Gasteiger charge is 2.10. The number of halogens is 2. The van der Waals surface area contributed by atoms with Crippen molar-refractivity contribution >= 4 is 0 Å². The average Bonchev–Trinajstić information content (AvgIpc) is 2.40. The van der Waals surface area contributed by atoms with E-state index in [1.54, 1.807) is 0 Å². The van der Waals surface area contributed by atoms with Crippen molar-refractivity contribution in [1.29, 1.82) is 0 Å². The molecule has 3 nitrogen and oxygen atoms in total. The Bertz CT molecular complexity index is 611. The van der Waals surface area contributed by atoms with Crippen molar-refractivity contribution in [3.63, 3.8) is 0 Å². The highest BCUT2D eigenvalue weighted by molar-refractivity contribution is 5.40. The number of benzene rings is 2. The fraction of sp³-hybridized carbons (Fsp3) is 0.250. The molecule has 21 heavy (non-hydrogen) atoms. The number of aromatic hydroxyl groups is 2. The number of rotatable bonds is 5. The molecule has 0 aliphatic heterocycles. The van der Waals surface area contributed by atoms with Crippen molar-refractivity contribution in [1.82, 2.24) is 5.32 Å². The Morgan fingerprint density at radius 3 is 2.38 bits per heavy atom. The minimum absolute atomic E-state index is 0.0728. The van der Waals surface area contributed by atoms with E-state index in [1.807, 2.05) is 6.92 Å². The van der Waals surface area contributed by atoms with E-state index in [2.05, 4.69) is 5.32 Å². The normalized spacial score (nSPS) is 12.3. The van der Waals surface area contributed by atoms with Gasteiger partial charge in [-0.2, -0.15) is 0 Å². The number of hydrogen-bond acceptors (Lipinski definition) is 3. The van der Waals surface area contributed by atoms with E-state index in [9.17, 15) is 19.0 Å². The Balaban J connectivity index is 1.95. The fourth-order valence-corrected chi connectivity index (χ4v) is 2.19. The van der Waals surface area contributed by atoms with Gasteiger partial charge >= 0.3 is 0 Å². The first-order valence-corrected chi connectivity index (χ1v) is 6.66. The molecule has 2 aromatic carbocycles. The second-order valence-corrected chi connectivity index (χ2v) is 4.95. The van der Waals surface area contributed by atoms with Crippen LogP contribution in [0.5, 0.6) is 11.5 Å². The summed E-state index contributed by atoms with van der Waals surface area (Å²) in [6.07, 6.45) is 0.457. The lowest BCUT2D eigenvalue weighted by Crippen LogP contribution is -2.21. The minimum atomic E-state index is -0.594. The number of phenolic OH excluding ortho intramolecular Hbond substituents is 2. The van der Waals surface area contributed by atoms with Gasteiger partial charge < -0.3 is 15.5 Å². The summed E-state index contributed by atoms with van der Waals surface area (Å²) in [7, 11) is 0. The lowest BCUT2D eigenvalue weighted by Gasteiger charge is -2.16. The average molecular weight is 293 g/mol. The van der Waals surface area contributed by atoms with Gasteiger partial charge in [-0.1, -0.05) is 0 Å². The predicted molar refractivity (Wildman–Crippen MR) is 76.3 cm³/mol. The lowest BCUT2D eigenvalue weighted by atomic mass is 10.1. The summed E-state index contributed by atoms with van der Waals surface area (Å²) in [4.78, 5) is 0. The second-order valence-electron chi connectivity index (χ2n) is 4.95. The number of nitrogens with one attached hydrogen (secondary N) is 1. The maximum Gasteiger partial charge on any atom is 0.126 e. The third-order valence-electron chi connectivity index (χ3n) is 3.26. The number of phenols is 2. The quantitative estimate of drug-likeness (QED) is 0.742. The standard InChI is InChI=1S/C16H17F2NO2/c1-10(15-9-14(20)2-3-16(15)21)19-5-4-11-6-12(17)8-13(18)7-11/h2-3,6-10,19-21H,4-5H2,1H3. The molecule has 0 heterocycles. The van der Waals surface area contributed by atoms with Gasteiger partial charge in [0.25, 0.3) is 0 Å². The second kappa shape index (κ2) is 6.54. The Morgan fingerprint density at radius 1 is 1.05 bits per heavy atom. The molecule has 1 atom stereocenters. The van der Waals surface area contributed by atoms with Gasteiger partial charge in [0, 0.05) is 17.7 Å². The summed E-state index contributed by atoms with van der Waals surface area (Å²) in [5.74, 6) is -1.03. The first-order valence-electron chi connectivity index (χ1n) is 6.66. The highest BCUT2D eigenvalue weighted by Crippen LogP contribution is 2.27. The van der Waals surface area contributed by atoms with Crippen LogP contribution in [0.4, 0.5) is 8.78 Å². The van der Waals surface area contributed by atoms with Crippen LogP contribution in [0.1, 0.15) is 24.1 Å². The molecule has 0 bridgehead atoms.